The van der Waals surface area contributed by atoms with Crippen LogP contribution in [-0.4, -0.2) is 34.0 Å². The second kappa shape index (κ2) is 8.05. The zero-order valence-corrected chi connectivity index (χ0v) is 18.5. The molecule has 6 rings (SSSR count). The Balaban J connectivity index is 1.20. The summed E-state index contributed by atoms with van der Waals surface area (Å²) in [7, 11) is 0. The standard InChI is InChI=1S/C26H20ClN3O3/c27-19-7-9-23-22(15-19)28-25(32-23)17-10-12-30(13-11-17)26(31)18-6-8-21-20(14-18)24(33-29-21)16-4-2-1-3-5-16/h1-9,14-15,17H,10-13H2. The summed E-state index contributed by atoms with van der Waals surface area (Å²) < 4.78 is 11.5. The second-order valence-electron chi connectivity index (χ2n) is 8.34. The molecule has 0 spiro atoms. The molecule has 1 saturated heterocycles. The Hall–Kier alpha value is -3.64. The molecule has 0 aliphatic carbocycles. The average Bonchev–Trinajstić information content (AvgIpc) is 3.48. The van der Waals surface area contributed by atoms with Gasteiger partial charge in [-0.3, -0.25) is 4.79 Å². The maximum absolute atomic E-state index is 13.3. The molecule has 3 aromatic carbocycles. The lowest BCUT2D eigenvalue weighted by Gasteiger charge is -2.30. The molecule has 6 nitrogen and oxygen atoms in total. The monoisotopic (exact) mass is 457 g/mol. The van der Waals surface area contributed by atoms with Gasteiger partial charge in [0.15, 0.2) is 17.2 Å². The molecule has 3 heterocycles. The third-order valence-corrected chi connectivity index (χ3v) is 6.49. The smallest absolute Gasteiger partial charge is 0.253 e. The van der Waals surface area contributed by atoms with Crippen LogP contribution in [0.3, 0.4) is 0 Å². The van der Waals surface area contributed by atoms with Crippen LogP contribution >= 0.6 is 11.6 Å². The molecule has 1 aliphatic heterocycles. The van der Waals surface area contributed by atoms with Crippen LogP contribution in [0.5, 0.6) is 0 Å². The van der Waals surface area contributed by atoms with E-state index in [-0.39, 0.29) is 11.8 Å². The van der Waals surface area contributed by atoms with E-state index >= 15 is 0 Å². The highest BCUT2D eigenvalue weighted by atomic mass is 35.5. The van der Waals surface area contributed by atoms with Gasteiger partial charge in [-0.2, -0.15) is 0 Å². The molecule has 1 aliphatic rings. The van der Waals surface area contributed by atoms with E-state index in [1.54, 1.807) is 6.07 Å². The number of likely N-dealkylation sites (tertiary alicyclic amines) is 1. The van der Waals surface area contributed by atoms with E-state index in [9.17, 15) is 4.79 Å². The van der Waals surface area contributed by atoms with E-state index < -0.39 is 0 Å². The van der Waals surface area contributed by atoms with Crippen LogP contribution in [0.1, 0.15) is 35.0 Å². The van der Waals surface area contributed by atoms with Gasteiger partial charge in [0, 0.05) is 35.2 Å². The average molecular weight is 458 g/mol. The van der Waals surface area contributed by atoms with Gasteiger partial charge in [-0.05, 0) is 49.2 Å². The van der Waals surface area contributed by atoms with Crippen LogP contribution in [-0.2, 0) is 0 Å². The normalized spacial score (nSPS) is 14.9. The molecule has 0 unspecified atom stereocenters. The Morgan fingerprint density at radius 2 is 1.79 bits per heavy atom. The van der Waals surface area contributed by atoms with Crippen LogP contribution < -0.4 is 0 Å². The second-order valence-corrected chi connectivity index (χ2v) is 8.78. The topological polar surface area (TPSA) is 72.4 Å². The Morgan fingerprint density at radius 3 is 2.61 bits per heavy atom. The van der Waals surface area contributed by atoms with Crippen molar-refractivity contribution in [3.05, 3.63) is 83.2 Å². The van der Waals surface area contributed by atoms with E-state index in [4.69, 9.17) is 20.5 Å². The van der Waals surface area contributed by atoms with Crippen molar-refractivity contribution in [1.82, 2.24) is 15.0 Å². The molecular formula is C26H20ClN3O3. The van der Waals surface area contributed by atoms with Gasteiger partial charge in [-0.25, -0.2) is 4.98 Å². The maximum atomic E-state index is 13.3. The van der Waals surface area contributed by atoms with Gasteiger partial charge in [0.05, 0.1) is 5.39 Å². The van der Waals surface area contributed by atoms with Crippen LogP contribution in [0.25, 0.3) is 33.3 Å². The van der Waals surface area contributed by atoms with Crippen molar-refractivity contribution in [3.63, 3.8) is 0 Å². The van der Waals surface area contributed by atoms with Gasteiger partial charge in [0.2, 0.25) is 0 Å². The fourth-order valence-electron chi connectivity index (χ4n) is 4.48. The number of benzene rings is 3. The number of rotatable bonds is 3. The quantitative estimate of drug-likeness (QED) is 0.317. The van der Waals surface area contributed by atoms with Crippen LogP contribution in [0.2, 0.25) is 5.02 Å². The molecule has 0 N–H and O–H groups in total. The van der Waals surface area contributed by atoms with Crippen molar-refractivity contribution < 1.29 is 13.7 Å². The summed E-state index contributed by atoms with van der Waals surface area (Å²) in [6.07, 6.45) is 1.61. The van der Waals surface area contributed by atoms with Crippen molar-refractivity contribution in [3.8, 4) is 11.3 Å². The van der Waals surface area contributed by atoms with Gasteiger partial charge in [-0.1, -0.05) is 47.1 Å². The SMILES string of the molecule is O=C(c1ccc2noc(-c3ccccc3)c2c1)N1CCC(c2nc3cc(Cl)ccc3o2)CC1. The number of piperidine rings is 1. The third kappa shape index (κ3) is 3.66. The fraction of sp³-hybridized carbons (Fsp3) is 0.192. The molecule has 164 valence electrons. The zero-order valence-electron chi connectivity index (χ0n) is 17.7. The van der Waals surface area contributed by atoms with E-state index in [2.05, 4.69) is 10.1 Å². The van der Waals surface area contributed by atoms with Gasteiger partial charge >= 0.3 is 0 Å². The van der Waals surface area contributed by atoms with Crippen LogP contribution in [0.15, 0.2) is 75.7 Å². The maximum Gasteiger partial charge on any atom is 0.253 e. The van der Waals surface area contributed by atoms with Crippen LogP contribution in [0, 0.1) is 0 Å². The first-order valence-corrected chi connectivity index (χ1v) is 11.3. The van der Waals surface area contributed by atoms with E-state index in [0.29, 0.717) is 29.4 Å². The number of carbonyl (C=O) groups is 1. The summed E-state index contributed by atoms with van der Waals surface area (Å²) >= 11 is 6.06. The van der Waals surface area contributed by atoms with Gasteiger partial charge in [-0.15, -0.1) is 0 Å². The van der Waals surface area contributed by atoms with Gasteiger partial charge in [0.25, 0.3) is 5.91 Å². The first kappa shape index (κ1) is 20.0. The Labute approximate surface area is 194 Å². The Kier molecular flexibility index (Phi) is 4.88. The highest BCUT2D eigenvalue weighted by molar-refractivity contribution is 6.31. The Morgan fingerprint density at radius 1 is 0.970 bits per heavy atom. The molecule has 2 aromatic heterocycles. The summed E-state index contributed by atoms with van der Waals surface area (Å²) in [6, 6.07) is 20.8. The summed E-state index contributed by atoms with van der Waals surface area (Å²) in [5.74, 6) is 1.60. The van der Waals surface area contributed by atoms with Crippen molar-refractivity contribution in [2.75, 3.05) is 13.1 Å². The molecule has 0 radical (unpaired) electrons. The summed E-state index contributed by atoms with van der Waals surface area (Å²) in [4.78, 5) is 19.8. The van der Waals surface area contributed by atoms with E-state index in [1.807, 2.05) is 65.6 Å². The summed E-state index contributed by atoms with van der Waals surface area (Å²) in [5, 5.41) is 5.63. The number of amides is 1. The molecule has 0 atom stereocenters. The summed E-state index contributed by atoms with van der Waals surface area (Å²) in [6.45, 7) is 1.30. The highest BCUT2D eigenvalue weighted by Gasteiger charge is 2.28. The van der Waals surface area contributed by atoms with Gasteiger partial charge in [0.1, 0.15) is 11.0 Å². The van der Waals surface area contributed by atoms with E-state index in [0.717, 1.165) is 46.3 Å². The Bertz CT molecular complexity index is 1470. The number of hydrogen-bond donors (Lipinski definition) is 0. The minimum atomic E-state index is 0.0138. The molecule has 5 aromatic rings. The third-order valence-electron chi connectivity index (χ3n) is 6.26. The predicted octanol–water partition coefficient (Wildman–Crippen LogP) is 6.31. The molecule has 33 heavy (non-hydrogen) atoms. The first-order chi connectivity index (χ1) is 16.2. The molecule has 1 amide bonds. The molecular weight excluding hydrogens is 438 g/mol. The molecule has 7 heteroatoms. The number of carbonyl (C=O) groups excluding carboxylic acids is 1. The number of fused-ring (bicyclic) bond motifs is 2. The number of aromatic nitrogens is 2. The lowest BCUT2D eigenvalue weighted by atomic mass is 9.96. The van der Waals surface area contributed by atoms with Crippen molar-refractivity contribution in [1.29, 1.82) is 0 Å². The minimum absolute atomic E-state index is 0.0138. The number of oxazole rings is 1. The molecule has 1 fully saturated rings. The van der Waals surface area contributed by atoms with E-state index in [1.165, 1.54) is 0 Å². The lowest BCUT2D eigenvalue weighted by molar-refractivity contribution is 0.0707. The lowest BCUT2D eigenvalue weighted by Crippen LogP contribution is -2.38. The number of halogens is 1. The highest BCUT2D eigenvalue weighted by Crippen LogP contribution is 2.33. The number of nitrogens with zero attached hydrogens (tertiary/aromatic N) is 3. The van der Waals surface area contributed by atoms with Crippen molar-refractivity contribution in [2.24, 2.45) is 0 Å². The predicted molar refractivity (Wildman–Crippen MR) is 126 cm³/mol. The van der Waals surface area contributed by atoms with Crippen LogP contribution in [0.4, 0.5) is 0 Å². The summed E-state index contributed by atoms with van der Waals surface area (Å²) in [5.41, 5.74) is 3.82. The molecule has 0 bridgehead atoms. The van der Waals surface area contributed by atoms with Crippen molar-refractivity contribution >= 4 is 39.5 Å². The van der Waals surface area contributed by atoms with Gasteiger partial charge < -0.3 is 13.8 Å². The zero-order chi connectivity index (χ0) is 22.4. The fourth-order valence-corrected chi connectivity index (χ4v) is 4.64. The largest absolute Gasteiger partial charge is 0.440 e. The molecule has 0 saturated carbocycles. The minimum Gasteiger partial charge on any atom is -0.440 e. The van der Waals surface area contributed by atoms with Crippen molar-refractivity contribution in [2.45, 2.75) is 18.8 Å². The number of hydrogen-bond acceptors (Lipinski definition) is 5. The first-order valence-electron chi connectivity index (χ1n) is 11.0.